The summed E-state index contributed by atoms with van der Waals surface area (Å²) in [4.78, 5) is 0. The van der Waals surface area contributed by atoms with Crippen LogP contribution in [0.25, 0.3) is 0 Å². The summed E-state index contributed by atoms with van der Waals surface area (Å²) in [5.74, 6) is 0. The van der Waals surface area contributed by atoms with Crippen LogP contribution in [0.15, 0.2) is 24.3 Å². The highest BCUT2D eigenvalue weighted by Gasteiger charge is 2.04. The summed E-state index contributed by atoms with van der Waals surface area (Å²) in [7, 11) is 8.25. The highest BCUT2D eigenvalue weighted by Crippen LogP contribution is 2.11. The van der Waals surface area contributed by atoms with Crippen molar-refractivity contribution < 1.29 is 4.48 Å². The molecule has 0 saturated heterocycles. The molecule has 1 heteroatoms. The zero-order chi connectivity index (χ0) is 9.19. The summed E-state index contributed by atoms with van der Waals surface area (Å²) >= 11 is 0. The van der Waals surface area contributed by atoms with E-state index in [-0.39, 0.29) is 0 Å². The van der Waals surface area contributed by atoms with E-state index in [4.69, 9.17) is 0 Å². The Morgan fingerprint density at radius 1 is 1.25 bits per heavy atom. The lowest BCUT2D eigenvalue weighted by molar-refractivity contribution is -0.859. The topological polar surface area (TPSA) is 0 Å². The van der Waals surface area contributed by atoms with E-state index >= 15 is 0 Å². The summed E-state index contributed by atoms with van der Waals surface area (Å²) in [5.41, 5.74) is 2.74. The van der Waals surface area contributed by atoms with Gasteiger partial charge >= 0.3 is 0 Å². The van der Waals surface area contributed by atoms with Gasteiger partial charge in [0.1, 0.15) is 0 Å². The van der Waals surface area contributed by atoms with Gasteiger partial charge in [0.2, 0.25) is 0 Å². The first kappa shape index (κ1) is 9.27. The van der Waals surface area contributed by atoms with Gasteiger partial charge in [0.15, 0.2) is 0 Å². The smallest absolute Gasteiger partial charge is 0.0801 e. The SMILES string of the molecule is [CH2-][N+](C)(C)Cc1ccccc1C. The predicted octanol–water partition coefficient (Wildman–Crippen LogP) is 2.36. The maximum Gasteiger partial charge on any atom is 0.0801 e. The van der Waals surface area contributed by atoms with Gasteiger partial charge in [-0.05, 0) is 12.5 Å². The van der Waals surface area contributed by atoms with Crippen LogP contribution in [0.1, 0.15) is 11.1 Å². The molecule has 0 aromatic heterocycles. The van der Waals surface area contributed by atoms with Crippen molar-refractivity contribution in [2.45, 2.75) is 13.5 Å². The summed E-state index contributed by atoms with van der Waals surface area (Å²) in [5, 5.41) is 0. The van der Waals surface area contributed by atoms with Gasteiger partial charge in [-0.15, -0.1) is 7.05 Å². The number of hydrogen-bond acceptors (Lipinski definition) is 0. The highest BCUT2D eigenvalue weighted by atomic mass is 15.3. The minimum absolute atomic E-state index is 0.741. The van der Waals surface area contributed by atoms with Crippen molar-refractivity contribution in [1.82, 2.24) is 0 Å². The molecule has 1 rings (SSSR count). The minimum Gasteiger partial charge on any atom is -0.458 e. The van der Waals surface area contributed by atoms with Crippen LogP contribution in [0.5, 0.6) is 0 Å². The van der Waals surface area contributed by atoms with Crippen molar-refractivity contribution in [3.8, 4) is 0 Å². The monoisotopic (exact) mass is 163 g/mol. The Morgan fingerprint density at radius 2 is 1.83 bits per heavy atom. The Bertz CT molecular complexity index is 258. The fourth-order valence-corrected chi connectivity index (χ4v) is 1.25. The van der Waals surface area contributed by atoms with Crippen molar-refractivity contribution >= 4 is 0 Å². The van der Waals surface area contributed by atoms with Crippen molar-refractivity contribution in [3.63, 3.8) is 0 Å². The van der Waals surface area contributed by atoms with E-state index < -0.39 is 0 Å². The van der Waals surface area contributed by atoms with Crippen LogP contribution < -0.4 is 0 Å². The summed E-state index contributed by atoms with van der Waals surface area (Å²) in [6.07, 6.45) is 0. The van der Waals surface area contributed by atoms with E-state index in [1.54, 1.807) is 0 Å². The van der Waals surface area contributed by atoms with Gasteiger partial charge in [0.05, 0.1) is 6.54 Å². The lowest BCUT2D eigenvalue weighted by Gasteiger charge is -2.33. The molecule has 0 aliphatic rings. The molecule has 0 aliphatic carbocycles. The van der Waals surface area contributed by atoms with E-state index in [9.17, 15) is 0 Å². The minimum atomic E-state index is 0.741. The average molecular weight is 163 g/mol. The van der Waals surface area contributed by atoms with E-state index in [1.165, 1.54) is 11.1 Å². The van der Waals surface area contributed by atoms with Crippen LogP contribution in [-0.4, -0.2) is 18.6 Å². The third kappa shape index (κ3) is 2.67. The predicted molar refractivity (Wildman–Crippen MR) is 52.3 cm³/mol. The summed E-state index contributed by atoms with van der Waals surface area (Å²) in [6, 6.07) is 8.46. The Labute approximate surface area is 75.2 Å². The van der Waals surface area contributed by atoms with Crippen molar-refractivity contribution in [2.24, 2.45) is 0 Å². The third-order valence-electron chi connectivity index (χ3n) is 1.86. The van der Waals surface area contributed by atoms with Gasteiger partial charge in [-0.2, -0.15) is 0 Å². The second-order valence-electron chi connectivity index (χ2n) is 4.02. The number of rotatable bonds is 2. The molecular weight excluding hydrogens is 146 g/mol. The molecule has 1 nitrogen and oxygen atoms in total. The van der Waals surface area contributed by atoms with E-state index in [1.807, 2.05) is 0 Å². The molecule has 1 aromatic rings. The molecule has 0 heterocycles. The average Bonchev–Trinajstić information content (AvgIpc) is 1.91. The zero-order valence-corrected chi connectivity index (χ0v) is 8.17. The van der Waals surface area contributed by atoms with Gasteiger partial charge in [0, 0.05) is 19.7 Å². The van der Waals surface area contributed by atoms with Crippen LogP contribution in [-0.2, 0) is 6.54 Å². The molecule has 0 fully saturated rings. The number of hydrogen-bond donors (Lipinski definition) is 0. The molecule has 0 unspecified atom stereocenters. The molecular formula is C11H17N. The Morgan fingerprint density at radius 3 is 2.33 bits per heavy atom. The summed E-state index contributed by atoms with van der Waals surface area (Å²) < 4.78 is 0.741. The van der Waals surface area contributed by atoms with Gasteiger partial charge < -0.3 is 4.48 Å². The second kappa shape index (κ2) is 3.28. The Balaban J connectivity index is 2.83. The molecule has 1 aromatic carbocycles. The first-order valence-electron chi connectivity index (χ1n) is 4.21. The van der Waals surface area contributed by atoms with E-state index in [2.05, 4.69) is 52.3 Å². The first-order valence-corrected chi connectivity index (χ1v) is 4.21. The number of quaternary nitrogens is 1. The van der Waals surface area contributed by atoms with Gasteiger partial charge in [-0.1, -0.05) is 24.3 Å². The maximum absolute atomic E-state index is 4.04. The molecule has 0 aliphatic heterocycles. The number of aryl methyl sites for hydroxylation is 1. The van der Waals surface area contributed by atoms with Crippen molar-refractivity contribution in [1.29, 1.82) is 0 Å². The number of benzene rings is 1. The van der Waals surface area contributed by atoms with Crippen molar-refractivity contribution in [3.05, 3.63) is 42.4 Å². The summed E-state index contributed by atoms with van der Waals surface area (Å²) in [6.45, 7) is 3.14. The molecule has 66 valence electrons. The highest BCUT2D eigenvalue weighted by molar-refractivity contribution is 5.24. The van der Waals surface area contributed by atoms with Crippen LogP contribution in [0.2, 0.25) is 0 Å². The lowest BCUT2D eigenvalue weighted by atomic mass is 10.1. The number of nitrogens with zero attached hydrogens (tertiary/aromatic N) is 1. The second-order valence-corrected chi connectivity index (χ2v) is 4.02. The lowest BCUT2D eigenvalue weighted by Crippen LogP contribution is -2.30. The fraction of sp³-hybridized carbons (Fsp3) is 0.364. The van der Waals surface area contributed by atoms with Crippen molar-refractivity contribution in [2.75, 3.05) is 14.1 Å². The Hall–Kier alpha value is -0.820. The first-order chi connectivity index (χ1) is 5.49. The van der Waals surface area contributed by atoms with Gasteiger partial charge in [-0.25, -0.2) is 0 Å². The van der Waals surface area contributed by atoms with Crippen LogP contribution in [0, 0.1) is 14.0 Å². The molecule has 12 heavy (non-hydrogen) atoms. The maximum atomic E-state index is 4.04. The van der Waals surface area contributed by atoms with Gasteiger partial charge in [0.25, 0.3) is 0 Å². The molecule has 0 radical (unpaired) electrons. The molecule has 0 bridgehead atoms. The van der Waals surface area contributed by atoms with Crippen LogP contribution >= 0.6 is 0 Å². The third-order valence-corrected chi connectivity index (χ3v) is 1.86. The normalized spacial score (nSPS) is 11.7. The molecule has 0 saturated carbocycles. The van der Waals surface area contributed by atoms with Crippen LogP contribution in [0.3, 0.4) is 0 Å². The van der Waals surface area contributed by atoms with Gasteiger partial charge in [-0.3, -0.25) is 0 Å². The quantitative estimate of drug-likeness (QED) is 0.464. The standard InChI is InChI=1S/C11H17N/c1-10-7-5-6-8-11(10)9-12(2,3)4/h5-8H,2,9H2,1,3-4H3. The molecule has 0 amide bonds. The zero-order valence-electron chi connectivity index (χ0n) is 8.17. The van der Waals surface area contributed by atoms with Crippen LogP contribution in [0.4, 0.5) is 0 Å². The fourth-order valence-electron chi connectivity index (χ4n) is 1.25. The molecule has 0 N–H and O–H groups in total. The molecule has 0 spiro atoms. The largest absolute Gasteiger partial charge is 0.458 e. The van der Waals surface area contributed by atoms with E-state index in [0.717, 1.165) is 11.0 Å². The Kier molecular flexibility index (Phi) is 2.53. The van der Waals surface area contributed by atoms with E-state index in [0.29, 0.717) is 0 Å². The molecule has 0 atom stereocenters.